The lowest BCUT2D eigenvalue weighted by molar-refractivity contribution is -0.137. The topological polar surface area (TPSA) is 52.3 Å². The zero-order valence-corrected chi connectivity index (χ0v) is 13.7. The van der Waals surface area contributed by atoms with Crippen LogP contribution in [0.2, 0.25) is 0 Å². The maximum atomic E-state index is 12.8. The Morgan fingerprint density at radius 2 is 1.79 bits per heavy atom. The first kappa shape index (κ1) is 17.7. The summed E-state index contributed by atoms with van der Waals surface area (Å²) in [5, 5.41) is 0. The molecule has 0 aliphatic carbocycles. The summed E-state index contributed by atoms with van der Waals surface area (Å²) in [7, 11) is 1.47. The Morgan fingerprint density at radius 3 is 2.33 bits per heavy atom. The number of rotatable bonds is 2. The molecule has 0 aliphatic heterocycles. The Kier molecular flexibility index (Phi) is 5.06. The van der Waals surface area contributed by atoms with Crippen LogP contribution >= 0.6 is 0 Å². The molecule has 0 saturated heterocycles. The Bertz CT molecular complexity index is 826. The van der Waals surface area contributed by atoms with Crippen molar-refractivity contribution in [1.82, 2.24) is 19.4 Å². The molecule has 128 valence electrons. The van der Waals surface area contributed by atoms with Crippen molar-refractivity contribution in [3.05, 3.63) is 42.0 Å². The summed E-state index contributed by atoms with van der Waals surface area (Å²) < 4.78 is 44.7. The predicted molar refractivity (Wildman–Crippen MR) is 83.9 cm³/mol. The number of ether oxygens (including phenoxy) is 1. The molecule has 3 heterocycles. The number of alkyl halides is 3. The maximum Gasteiger partial charge on any atom is 0.417 e. The van der Waals surface area contributed by atoms with Gasteiger partial charge < -0.3 is 9.14 Å². The minimum atomic E-state index is -4.40. The smallest absolute Gasteiger partial charge is 0.417 e. The molecule has 3 rings (SSSR count). The van der Waals surface area contributed by atoms with Gasteiger partial charge in [-0.05, 0) is 19.1 Å². The van der Waals surface area contributed by atoms with Gasteiger partial charge in [0.1, 0.15) is 17.0 Å². The molecule has 0 saturated carbocycles. The highest BCUT2D eigenvalue weighted by atomic mass is 19.4. The standard InChI is InChI=1S/C14H11F3N4O.C2H6/c1-8-13(10-5-19-12(22-2)6-18-10)20-11-4-3-9(7-21(8)11)14(15,16)17;1-2/h3-7H,1-2H3;1-2H3. The lowest BCUT2D eigenvalue weighted by Gasteiger charge is -2.07. The molecule has 3 aromatic rings. The summed E-state index contributed by atoms with van der Waals surface area (Å²) >= 11 is 0. The van der Waals surface area contributed by atoms with Gasteiger partial charge in [0.15, 0.2) is 0 Å². The van der Waals surface area contributed by atoms with Gasteiger partial charge in [-0.3, -0.25) is 0 Å². The van der Waals surface area contributed by atoms with Gasteiger partial charge in [0.05, 0.1) is 25.1 Å². The lowest BCUT2D eigenvalue weighted by Crippen LogP contribution is -2.06. The molecular weight excluding hydrogens is 321 g/mol. The van der Waals surface area contributed by atoms with Crippen LogP contribution in [0.4, 0.5) is 13.2 Å². The average molecular weight is 338 g/mol. The molecular formula is C16H17F3N4O. The van der Waals surface area contributed by atoms with Crippen molar-refractivity contribution in [2.75, 3.05) is 7.11 Å². The molecule has 0 amide bonds. The first-order chi connectivity index (χ1) is 11.4. The molecule has 0 atom stereocenters. The normalized spacial score (nSPS) is 11.1. The third-order valence-electron chi connectivity index (χ3n) is 3.26. The van der Waals surface area contributed by atoms with E-state index in [4.69, 9.17) is 4.74 Å². The molecule has 5 nitrogen and oxygen atoms in total. The summed E-state index contributed by atoms with van der Waals surface area (Å²) in [6.07, 6.45) is -0.471. The van der Waals surface area contributed by atoms with Crippen molar-refractivity contribution in [3.63, 3.8) is 0 Å². The van der Waals surface area contributed by atoms with E-state index in [-0.39, 0.29) is 0 Å². The largest absolute Gasteiger partial charge is 0.480 e. The molecule has 0 N–H and O–H groups in total. The maximum absolute atomic E-state index is 12.8. The Hall–Kier alpha value is -2.64. The zero-order chi connectivity index (χ0) is 17.9. The van der Waals surface area contributed by atoms with Gasteiger partial charge in [0, 0.05) is 11.9 Å². The van der Waals surface area contributed by atoms with E-state index < -0.39 is 11.7 Å². The van der Waals surface area contributed by atoms with Crippen LogP contribution in [-0.2, 0) is 6.18 Å². The highest BCUT2D eigenvalue weighted by Gasteiger charge is 2.31. The van der Waals surface area contributed by atoms with Crippen LogP contribution in [0.15, 0.2) is 30.7 Å². The first-order valence-corrected chi connectivity index (χ1v) is 7.32. The minimum absolute atomic E-state index is 0.351. The fourth-order valence-electron chi connectivity index (χ4n) is 2.12. The van der Waals surface area contributed by atoms with Gasteiger partial charge in [-0.1, -0.05) is 13.8 Å². The molecule has 3 aromatic heterocycles. The minimum Gasteiger partial charge on any atom is -0.480 e. The summed E-state index contributed by atoms with van der Waals surface area (Å²) in [6.45, 7) is 5.68. The van der Waals surface area contributed by atoms with Crippen LogP contribution in [0.5, 0.6) is 5.88 Å². The molecule has 24 heavy (non-hydrogen) atoms. The van der Waals surface area contributed by atoms with Crippen molar-refractivity contribution < 1.29 is 17.9 Å². The van der Waals surface area contributed by atoms with Crippen LogP contribution in [0, 0.1) is 6.92 Å². The molecule has 0 radical (unpaired) electrons. The number of pyridine rings is 1. The zero-order valence-electron chi connectivity index (χ0n) is 13.7. The molecule has 0 unspecified atom stereocenters. The number of imidazole rings is 1. The Balaban J connectivity index is 0.00000100. The number of hydrogen-bond acceptors (Lipinski definition) is 4. The lowest BCUT2D eigenvalue weighted by atomic mass is 10.2. The van der Waals surface area contributed by atoms with Gasteiger partial charge in [0.25, 0.3) is 0 Å². The first-order valence-electron chi connectivity index (χ1n) is 7.32. The van der Waals surface area contributed by atoms with Crippen molar-refractivity contribution in [2.24, 2.45) is 0 Å². The molecule has 0 bridgehead atoms. The van der Waals surface area contributed by atoms with Gasteiger partial charge in [0.2, 0.25) is 5.88 Å². The van der Waals surface area contributed by atoms with Gasteiger partial charge in [-0.2, -0.15) is 13.2 Å². The van der Waals surface area contributed by atoms with E-state index in [2.05, 4.69) is 15.0 Å². The van der Waals surface area contributed by atoms with Crippen molar-refractivity contribution in [1.29, 1.82) is 0 Å². The molecule has 0 aromatic carbocycles. The fourth-order valence-corrected chi connectivity index (χ4v) is 2.12. The highest BCUT2D eigenvalue weighted by molar-refractivity contribution is 5.62. The number of fused-ring (bicyclic) bond motifs is 1. The van der Waals surface area contributed by atoms with Crippen molar-refractivity contribution >= 4 is 5.65 Å². The molecule has 0 aliphatic rings. The molecule has 0 fully saturated rings. The van der Waals surface area contributed by atoms with Crippen LogP contribution in [0.1, 0.15) is 25.1 Å². The summed E-state index contributed by atoms with van der Waals surface area (Å²) in [5.74, 6) is 0.351. The number of hydrogen-bond donors (Lipinski definition) is 0. The van der Waals surface area contributed by atoms with Crippen LogP contribution in [0.3, 0.4) is 0 Å². The number of aromatic nitrogens is 4. The van der Waals surface area contributed by atoms with E-state index in [1.807, 2.05) is 13.8 Å². The second-order valence-electron chi connectivity index (χ2n) is 4.63. The van der Waals surface area contributed by atoms with Gasteiger partial charge in [-0.25, -0.2) is 15.0 Å². The number of nitrogens with zero attached hydrogens (tertiary/aromatic N) is 4. The van der Waals surface area contributed by atoms with Gasteiger partial charge >= 0.3 is 6.18 Å². The van der Waals surface area contributed by atoms with Crippen molar-refractivity contribution in [3.8, 4) is 17.3 Å². The van der Waals surface area contributed by atoms with E-state index in [0.29, 0.717) is 28.6 Å². The fraction of sp³-hybridized carbons (Fsp3) is 0.312. The average Bonchev–Trinajstić information content (AvgIpc) is 2.92. The van der Waals surface area contributed by atoms with Crippen molar-refractivity contribution in [2.45, 2.75) is 26.9 Å². The SMILES string of the molecule is CC.COc1cnc(-c2nc3ccc(C(F)(F)F)cn3c2C)cn1. The summed E-state index contributed by atoms with van der Waals surface area (Å²) in [4.78, 5) is 12.5. The summed E-state index contributed by atoms with van der Waals surface area (Å²) in [6, 6.07) is 2.33. The molecule has 8 heteroatoms. The van der Waals surface area contributed by atoms with E-state index in [9.17, 15) is 13.2 Å². The highest BCUT2D eigenvalue weighted by Crippen LogP contribution is 2.30. The third-order valence-corrected chi connectivity index (χ3v) is 3.26. The van der Waals surface area contributed by atoms with E-state index in [0.717, 1.165) is 12.3 Å². The number of methoxy groups -OCH3 is 1. The number of aryl methyl sites for hydroxylation is 1. The Morgan fingerprint density at radius 1 is 1.08 bits per heavy atom. The Labute approximate surface area is 137 Å². The van der Waals surface area contributed by atoms with E-state index >= 15 is 0 Å². The van der Waals surface area contributed by atoms with E-state index in [1.165, 1.54) is 30.0 Å². The van der Waals surface area contributed by atoms with Gasteiger partial charge in [-0.15, -0.1) is 0 Å². The van der Waals surface area contributed by atoms with Crippen LogP contribution < -0.4 is 4.74 Å². The second-order valence-corrected chi connectivity index (χ2v) is 4.63. The van der Waals surface area contributed by atoms with Crippen LogP contribution in [0.25, 0.3) is 17.0 Å². The monoisotopic (exact) mass is 338 g/mol. The quantitative estimate of drug-likeness (QED) is 0.704. The number of halogens is 3. The molecule has 0 spiro atoms. The van der Waals surface area contributed by atoms with E-state index in [1.54, 1.807) is 6.92 Å². The second kappa shape index (κ2) is 6.86. The summed E-state index contributed by atoms with van der Waals surface area (Å²) in [5.41, 5.74) is 1.19. The predicted octanol–water partition coefficient (Wildman–Crippen LogP) is 4.15. The third kappa shape index (κ3) is 3.32. The van der Waals surface area contributed by atoms with Crippen LogP contribution in [-0.4, -0.2) is 26.5 Å².